The number of halogens is 1. The Labute approximate surface area is 163 Å². The van der Waals surface area contributed by atoms with Crippen LogP contribution < -0.4 is 14.8 Å². The molecule has 0 saturated carbocycles. The van der Waals surface area contributed by atoms with Crippen LogP contribution in [0.2, 0.25) is 5.15 Å². The third-order valence-electron chi connectivity index (χ3n) is 4.37. The molecule has 2 heterocycles. The zero-order chi connectivity index (χ0) is 19.8. The summed E-state index contributed by atoms with van der Waals surface area (Å²) >= 11 is 6.25. The molecule has 1 aliphatic rings. The fourth-order valence-electron chi connectivity index (χ4n) is 2.98. The van der Waals surface area contributed by atoms with Gasteiger partial charge in [-0.05, 0) is 32.9 Å². The maximum absolute atomic E-state index is 12.4. The van der Waals surface area contributed by atoms with E-state index in [0.717, 1.165) is 0 Å². The lowest BCUT2D eigenvalue weighted by Crippen LogP contribution is -2.40. The Morgan fingerprint density at radius 2 is 2.00 bits per heavy atom. The number of carbonyl (C=O) groups excluding carboxylic acids is 1. The summed E-state index contributed by atoms with van der Waals surface area (Å²) in [7, 11) is 1.59. The van der Waals surface area contributed by atoms with E-state index in [-0.39, 0.29) is 29.0 Å². The monoisotopic (exact) mass is 393 g/mol. The topological polar surface area (TPSA) is 82.6 Å². The molecule has 7 nitrogen and oxygen atoms in total. The zero-order valence-electron chi connectivity index (χ0n) is 16.1. The fourth-order valence-corrected chi connectivity index (χ4v) is 3.16. The van der Waals surface area contributed by atoms with E-state index in [9.17, 15) is 4.79 Å². The van der Waals surface area contributed by atoms with Crippen LogP contribution in [0.1, 0.15) is 27.7 Å². The van der Waals surface area contributed by atoms with Crippen molar-refractivity contribution in [2.45, 2.75) is 45.4 Å². The molecule has 27 heavy (non-hydrogen) atoms. The summed E-state index contributed by atoms with van der Waals surface area (Å²) in [6, 6.07) is 4.91. The van der Waals surface area contributed by atoms with Gasteiger partial charge >= 0.3 is 5.97 Å². The van der Waals surface area contributed by atoms with Gasteiger partial charge in [-0.1, -0.05) is 18.5 Å². The van der Waals surface area contributed by atoms with E-state index in [0.29, 0.717) is 23.3 Å². The van der Waals surface area contributed by atoms with Gasteiger partial charge < -0.3 is 19.5 Å². The predicted octanol–water partition coefficient (Wildman–Crippen LogP) is 2.99. The number of ether oxygens (including phenoxy) is 3. The Kier molecular flexibility index (Phi) is 5.44. The van der Waals surface area contributed by atoms with Crippen molar-refractivity contribution in [1.82, 2.24) is 15.3 Å². The van der Waals surface area contributed by atoms with Gasteiger partial charge in [-0.15, -0.1) is 0 Å². The van der Waals surface area contributed by atoms with Crippen LogP contribution in [0.25, 0.3) is 11.0 Å². The lowest BCUT2D eigenvalue weighted by molar-refractivity contribution is -0.158. The van der Waals surface area contributed by atoms with Gasteiger partial charge in [-0.3, -0.25) is 4.79 Å². The Hall–Kier alpha value is -2.12. The third-order valence-corrected chi connectivity index (χ3v) is 4.62. The Morgan fingerprint density at radius 1 is 1.26 bits per heavy atom. The van der Waals surface area contributed by atoms with Crippen molar-refractivity contribution in [2.24, 2.45) is 5.92 Å². The highest BCUT2D eigenvalue weighted by Gasteiger charge is 2.41. The highest BCUT2D eigenvalue weighted by Crippen LogP contribution is 2.29. The van der Waals surface area contributed by atoms with Crippen LogP contribution in [0.3, 0.4) is 0 Å². The number of esters is 1. The number of rotatable bonds is 4. The van der Waals surface area contributed by atoms with Crippen LogP contribution in [-0.2, 0) is 9.53 Å². The summed E-state index contributed by atoms with van der Waals surface area (Å²) in [6.07, 6.45) is -0.280. The minimum Gasteiger partial charge on any atom is -0.497 e. The maximum Gasteiger partial charge on any atom is 0.324 e. The summed E-state index contributed by atoms with van der Waals surface area (Å²) in [5.74, 6) is 0.507. The molecule has 0 bridgehead atoms. The first-order chi connectivity index (χ1) is 12.7. The minimum absolute atomic E-state index is 0.112. The van der Waals surface area contributed by atoms with Crippen LogP contribution in [0.4, 0.5) is 0 Å². The number of methoxy groups -OCH3 is 1. The first-order valence-corrected chi connectivity index (χ1v) is 9.20. The first kappa shape index (κ1) is 19.6. The third kappa shape index (κ3) is 4.42. The van der Waals surface area contributed by atoms with Gasteiger partial charge in [0.25, 0.3) is 5.88 Å². The number of carbonyl (C=O) groups is 1. The van der Waals surface area contributed by atoms with Gasteiger partial charge in [0.1, 0.15) is 23.5 Å². The van der Waals surface area contributed by atoms with Crippen LogP contribution in [-0.4, -0.2) is 47.3 Å². The van der Waals surface area contributed by atoms with E-state index < -0.39 is 11.6 Å². The smallest absolute Gasteiger partial charge is 0.324 e. The van der Waals surface area contributed by atoms with Crippen molar-refractivity contribution in [2.75, 3.05) is 13.7 Å². The lowest BCUT2D eigenvalue weighted by atomic mass is 10.0. The molecule has 1 saturated heterocycles. The average Bonchev–Trinajstić information content (AvgIpc) is 2.94. The average molecular weight is 394 g/mol. The molecule has 1 fully saturated rings. The van der Waals surface area contributed by atoms with Gasteiger partial charge in [-0.25, -0.2) is 9.97 Å². The molecule has 1 N–H and O–H groups in total. The number of aromatic nitrogens is 2. The molecular formula is C19H24ClN3O4. The summed E-state index contributed by atoms with van der Waals surface area (Å²) in [6.45, 7) is 7.95. The van der Waals surface area contributed by atoms with Gasteiger partial charge in [0.05, 0.1) is 18.1 Å². The number of hydrogen-bond acceptors (Lipinski definition) is 7. The predicted molar refractivity (Wildman–Crippen MR) is 102 cm³/mol. The lowest BCUT2D eigenvalue weighted by Gasteiger charge is -2.24. The molecule has 1 unspecified atom stereocenters. The summed E-state index contributed by atoms with van der Waals surface area (Å²) in [5.41, 5.74) is 0.734. The van der Waals surface area contributed by atoms with E-state index in [2.05, 4.69) is 15.3 Å². The van der Waals surface area contributed by atoms with Crippen molar-refractivity contribution >= 4 is 28.6 Å². The van der Waals surface area contributed by atoms with Crippen molar-refractivity contribution in [3.63, 3.8) is 0 Å². The molecule has 0 amide bonds. The van der Waals surface area contributed by atoms with Crippen molar-refractivity contribution in [3.8, 4) is 11.6 Å². The number of nitrogens with one attached hydrogen (secondary N) is 1. The molecule has 8 heteroatoms. The summed E-state index contributed by atoms with van der Waals surface area (Å²) in [5, 5.41) is 3.34. The quantitative estimate of drug-likeness (QED) is 0.799. The second-order valence-electron chi connectivity index (χ2n) is 7.61. The van der Waals surface area contributed by atoms with Crippen LogP contribution in [0.15, 0.2) is 18.2 Å². The SMILES string of the molecule is COc1ccc2nc(Cl)c(OC3CN[C@H](C(=O)OC(C)(C)C)[C@@H]3C)nc2c1. The molecule has 0 spiro atoms. The largest absolute Gasteiger partial charge is 0.497 e. The Bertz CT molecular complexity index is 853. The molecule has 0 aliphatic carbocycles. The van der Waals surface area contributed by atoms with E-state index in [4.69, 9.17) is 25.8 Å². The molecule has 1 aromatic carbocycles. The van der Waals surface area contributed by atoms with Crippen LogP contribution in [0.5, 0.6) is 11.6 Å². The molecule has 0 radical (unpaired) electrons. The van der Waals surface area contributed by atoms with E-state index in [1.54, 1.807) is 25.3 Å². The molecule has 3 rings (SSSR count). The highest BCUT2D eigenvalue weighted by atomic mass is 35.5. The second kappa shape index (κ2) is 7.48. The van der Waals surface area contributed by atoms with E-state index in [1.807, 2.05) is 27.7 Å². The molecule has 1 aliphatic heterocycles. The van der Waals surface area contributed by atoms with Crippen LogP contribution in [0, 0.1) is 5.92 Å². The van der Waals surface area contributed by atoms with E-state index >= 15 is 0 Å². The Balaban J connectivity index is 1.77. The van der Waals surface area contributed by atoms with Crippen molar-refractivity contribution in [3.05, 3.63) is 23.4 Å². The van der Waals surface area contributed by atoms with Gasteiger partial charge in [-0.2, -0.15) is 0 Å². The first-order valence-electron chi connectivity index (χ1n) is 8.82. The summed E-state index contributed by atoms with van der Waals surface area (Å²) < 4.78 is 16.7. The fraction of sp³-hybridized carbons (Fsp3) is 0.526. The number of fused-ring (bicyclic) bond motifs is 1. The molecule has 3 atom stereocenters. The normalized spacial score (nSPS) is 22.7. The number of hydrogen-bond donors (Lipinski definition) is 1. The van der Waals surface area contributed by atoms with Gasteiger partial charge in [0.2, 0.25) is 0 Å². The molecule has 146 valence electrons. The van der Waals surface area contributed by atoms with Crippen molar-refractivity contribution in [1.29, 1.82) is 0 Å². The molecular weight excluding hydrogens is 370 g/mol. The zero-order valence-corrected chi connectivity index (χ0v) is 16.8. The van der Waals surface area contributed by atoms with Gasteiger partial charge in [0.15, 0.2) is 5.15 Å². The van der Waals surface area contributed by atoms with E-state index in [1.165, 1.54) is 0 Å². The maximum atomic E-state index is 12.4. The second-order valence-corrected chi connectivity index (χ2v) is 7.97. The number of nitrogens with zero attached hydrogens (tertiary/aromatic N) is 2. The molecule has 2 aromatic rings. The molecule has 1 aromatic heterocycles. The highest BCUT2D eigenvalue weighted by molar-refractivity contribution is 6.31. The van der Waals surface area contributed by atoms with Crippen LogP contribution >= 0.6 is 11.6 Å². The Morgan fingerprint density at radius 3 is 2.67 bits per heavy atom. The summed E-state index contributed by atoms with van der Waals surface area (Å²) in [4.78, 5) is 21.2. The number of benzene rings is 1. The minimum atomic E-state index is -0.538. The standard InChI is InChI=1S/C19H24ClN3O4/c1-10-14(9-21-15(10)18(24)27-19(2,3)4)26-17-16(20)22-12-7-6-11(25-5)8-13(12)23-17/h6-8,10,14-15,21H,9H2,1-5H3/t10-,14?,15+/m1/s1. The van der Waals surface area contributed by atoms with Gasteiger partial charge in [0, 0.05) is 18.5 Å². The van der Waals surface area contributed by atoms with Crippen molar-refractivity contribution < 1.29 is 19.0 Å².